The van der Waals surface area contributed by atoms with Crippen LogP contribution in [0.2, 0.25) is 0 Å². The summed E-state index contributed by atoms with van der Waals surface area (Å²) in [6.07, 6.45) is -1.13. The number of carbonyl (C=O) groups excluding carboxylic acids is 2. The van der Waals surface area contributed by atoms with Gasteiger partial charge in [0.25, 0.3) is 0 Å². The van der Waals surface area contributed by atoms with Gasteiger partial charge in [0.05, 0.1) is 17.7 Å². The van der Waals surface area contributed by atoms with E-state index in [0.29, 0.717) is 5.56 Å². The van der Waals surface area contributed by atoms with Crippen LogP contribution in [0.1, 0.15) is 23.7 Å². The molecule has 160 valence electrons. The van der Waals surface area contributed by atoms with E-state index in [9.17, 15) is 27.9 Å². The van der Waals surface area contributed by atoms with Gasteiger partial charge in [0, 0.05) is 19.5 Å². The second-order valence-electron chi connectivity index (χ2n) is 7.07. The first-order valence-electron chi connectivity index (χ1n) is 9.31. The molecule has 0 saturated carbocycles. The smallest absolute Gasteiger partial charge is 0.387 e. The fourth-order valence-corrected chi connectivity index (χ4v) is 3.28. The molecule has 0 radical (unpaired) electrons. The molecule has 3 rings (SSSR count). The largest absolute Gasteiger partial charge is 0.435 e. The second-order valence-corrected chi connectivity index (χ2v) is 7.07. The maximum Gasteiger partial charge on any atom is 0.387 e. The number of benzene rings is 2. The summed E-state index contributed by atoms with van der Waals surface area (Å²) in [4.78, 5) is 25.9. The summed E-state index contributed by atoms with van der Waals surface area (Å²) >= 11 is 0. The van der Waals surface area contributed by atoms with Crippen molar-refractivity contribution in [3.05, 3.63) is 59.4 Å². The molecule has 0 aromatic heterocycles. The topological polar surface area (TPSA) is 78.9 Å². The van der Waals surface area contributed by atoms with Gasteiger partial charge in [-0.2, -0.15) is 8.78 Å². The summed E-state index contributed by atoms with van der Waals surface area (Å²) in [5, 5.41) is 12.8. The van der Waals surface area contributed by atoms with Crippen molar-refractivity contribution in [2.24, 2.45) is 5.92 Å². The first-order chi connectivity index (χ1) is 14.2. The molecule has 9 heteroatoms. The third kappa shape index (κ3) is 5.10. The Morgan fingerprint density at radius 3 is 2.60 bits per heavy atom. The van der Waals surface area contributed by atoms with Gasteiger partial charge in [-0.25, -0.2) is 4.39 Å². The summed E-state index contributed by atoms with van der Waals surface area (Å²) in [5.41, 5.74) is 1.26. The lowest BCUT2D eigenvalue weighted by molar-refractivity contribution is -0.126. The van der Waals surface area contributed by atoms with E-state index < -0.39 is 30.4 Å². The normalized spacial score (nSPS) is 17.3. The zero-order chi connectivity index (χ0) is 21.8. The number of aliphatic hydroxyl groups is 1. The van der Waals surface area contributed by atoms with Crippen LogP contribution in [-0.4, -0.2) is 36.6 Å². The quantitative estimate of drug-likeness (QED) is 0.719. The SMILES string of the molecule is Cc1ccc(N2CC(C(=O)NCC(O)c3ccc(OC(F)F)cc3)CC2=O)c(F)c1. The molecule has 2 aromatic carbocycles. The first-order valence-corrected chi connectivity index (χ1v) is 9.31. The minimum absolute atomic E-state index is 0.0421. The van der Waals surface area contributed by atoms with Crippen LogP contribution in [-0.2, 0) is 9.59 Å². The predicted molar refractivity (Wildman–Crippen MR) is 103 cm³/mol. The lowest BCUT2D eigenvalue weighted by Crippen LogP contribution is -2.35. The summed E-state index contributed by atoms with van der Waals surface area (Å²) in [7, 11) is 0. The van der Waals surface area contributed by atoms with Gasteiger partial charge in [-0.15, -0.1) is 0 Å². The van der Waals surface area contributed by atoms with E-state index >= 15 is 0 Å². The number of aliphatic hydroxyl groups excluding tert-OH is 1. The number of nitrogens with zero attached hydrogens (tertiary/aromatic N) is 1. The molecule has 1 fully saturated rings. The standard InChI is InChI=1S/C21H21F3N2O4/c1-12-2-7-17(16(22)8-12)26-11-14(9-19(26)28)20(29)25-10-18(27)13-3-5-15(6-4-13)30-21(23)24/h2-8,14,18,21,27H,9-11H2,1H3,(H,25,29). The number of nitrogens with one attached hydrogen (secondary N) is 1. The highest BCUT2D eigenvalue weighted by atomic mass is 19.3. The van der Waals surface area contributed by atoms with Crippen molar-refractivity contribution in [3.8, 4) is 5.75 Å². The third-order valence-electron chi connectivity index (χ3n) is 4.85. The minimum atomic E-state index is -2.94. The number of hydrogen-bond acceptors (Lipinski definition) is 4. The van der Waals surface area contributed by atoms with Gasteiger partial charge in [0.2, 0.25) is 11.8 Å². The summed E-state index contributed by atoms with van der Waals surface area (Å²) < 4.78 is 42.7. The molecule has 0 bridgehead atoms. The molecular weight excluding hydrogens is 401 g/mol. The van der Waals surface area contributed by atoms with Crippen molar-refractivity contribution >= 4 is 17.5 Å². The highest BCUT2D eigenvalue weighted by molar-refractivity contribution is 6.00. The van der Waals surface area contributed by atoms with Gasteiger partial charge >= 0.3 is 6.61 Å². The number of anilines is 1. The molecule has 1 heterocycles. The van der Waals surface area contributed by atoms with Crippen LogP contribution in [0.5, 0.6) is 5.75 Å². The van der Waals surface area contributed by atoms with Gasteiger partial charge in [-0.1, -0.05) is 18.2 Å². The molecule has 1 aliphatic heterocycles. The van der Waals surface area contributed by atoms with E-state index in [2.05, 4.69) is 10.1 Å². The molecule has 2 amide bonds. The number of ether oxygens (including phenoxy) is 1. The average molecular weight is 422 g/mol. The van der Waals surface area contributed by atoms with Crippen LogP contribution in [0.25, 0.3) is 0 Å². The molecule has 1 aliphatic rings. The van der Waals surface area contributed by atoms with E-state index in [1.807, 2.05) is 0 Å². The van der Waals surface area contributed by atoms with E-state index in [1.165, 1.54) is 41.3 Å². The number of alkyl halides is 2. The summed E-state index contributed by atoms with van der Waals surface area (Å²) in [6.45, 7) is -1.29. The van der Waals surface area contributed by atoms with Crippen molar-refractivity contribution in [3.63, 3.8) is 0 Å². The number of amides is 2. The monoisotopic (exact) mass is 422 g/mol. The number of carbonyl (C=O) groups is 2. The van der Waals surface area contributed by atoms with E-state index in [1.54, 1.807) is 13.0 Å². The summed E-state index contributed by atoms with van der Waals surface area (Å²) in [6, 6.07) is 9.92. The second kappa shape index (κ2) is 9.17. The van der Waals surface area contributed by atoms with Gasteiger partial charge in [-0.3, -0.25) is 9.59 Å². The van der Waals surface area contributed by atoms with E-state index in [-0.39, 0.29) is 36.9 Å². The van der Waals surface area contributed by atoms with Gasteiger partial charge in [-0.05, 0) is 42.3 Å². The van der Waals surface area contributed by atoms with Gasteiger partial charge in [0.15, 0.2) is 0 Å². The van der Waals surface area contributed by atoms with Crippen LogP contribution >= 0.6 is 0 Å². The van der Waals surface area contributed by atoms with Gasteiger partial charge < -0.3 is 20.1 Å². The number of halogens is 3. The number of rotatable bonds is 7. The molecule has 1 saturated heterocycles. The maximum absolute atomic E-state index is 14.2. The Kier molecular flexibility index (Phi) is 6.61. The molecular formula is C21H21F3N2O4. The Morgan fingerprint density at radius 1 is 1.27 bits per heavy atom. The fraction of sp³-hybridized carbons (Fsp3) is 0.333. The molecule has 30 heavy (non-hydrogen) atoms. The van der Waals surface area contributed by atoms with Crippen molar-refractivity contribution in [2.75, 3.05) is 18.0 Å². The molecule has 2 atom stereocenters. The van der Waals surface area contributed by atoms with Crippen LogP contribution < -0.4 is 15.0 Å². The maximum atomic E-state index is 14.2. The lowest BCUT2D eigenvalue weighted by atomic mass is 10.1. The van der Waals surface area contributed by atoms with Crippen LogP contribution in [0, 0.1) is 18.7 Å². The van der Waals surface area contributed by atoms with Crippen molar-refractivity contribution < 1.29 is 32.6 Å². The predicted octanol–water partition coefficient (Wildman–Crippen LogP) is 2.94. The molecule has 2 unspecified atom stereocenters. The Bertz CT molecular complexity index is 921. The first kappa shape index (κ1) is 21.6. The Labute approximate surface area is 171 Å². The minimum Gasteiger partial charge on any atom is -0.435 e. The van der Waals surface area contributed by atoms with E-state index in [4.69, 9.17) is 0 Å². The highest BCUT2D eigenvalue weighted by Gasteiger charge is 2.36. The van der Waals surface area contributed by atoms with Crippen molar-refractivity contribution in [2.45, 2.75) is 26.1 Å². The third-order valence-corrected chi connectivity index (χ3v) is 4.85. The average Bonchev–Trinajstić information content (AvgIpc) is 3.07. The molecule has 2 aromatic rings. The Hall–Kier alpha value is -3.07. The lowest BCUT2D eigenvalue weighted by Gasteiger charge is -2.18. The number of hydrogen-bond donors (Lipinski definition) is 2. The Morgan fingerprint density at radius 2 is 1.97 bits per heavy atom. The highest BCUT2D eigenvalue weighted by Crippen LogP contribution is 2.28. The summed E-state index contributed by atoms with van der Waals surface area (Å²) in [5.74, 6) is -2.03. The molecule has 6 nitrogen and oxygen atoms in total. The zero-order valence-electron chi connectivity index (χ0n) is 16.1. The zero-order valence-corrected chi connectivity index (χ0v) is 16.1. The van der Waals surface area contributed by atoms with Gasteiger partial charge in [0.1, 0.15) is 11.6 Å². The van der Waals surface area contributed by atoms with Crippen LogP contribution in [0.4, 0.5) is 18.9 Å². The van der Waals surface area contributed by atoms with Crippen LogP contribution in [0.3, 0.4) is 0 Å². The van der Waals surface area contributed by atoms with E-state index in [0.717, 1.165) is 5.56 Å². The molecule has 0 aliphatic carbocycles. The molecule has 0 spiro atoms. The Balaban J connectivity index is 1.55. The van der Waals surface area contributed by atoms with Crippen molar-refractivity contribution in [1.29, 1.82) is 0 Å². The van der Waals surface area contributed by atoms with Crippen LogP contribution in [0.15, 0.2) is 42.5 Å². The molecule has 2 N–H and O–H groups in total. The van der Waals surface area contributed by atoms with Crippen molar-refractivity contribution in [1.82, 2.24) is 5.32 Å². The fourth-order valence-electron chi connectivity index (χ4n) is 3.28. The number of aryl methyl sites for hydroxylation is 1.